The van der Waals surface area contributed by atoms with Crippen LogP contribution < -0.4 is 0 Å². The number of hydrogen-bond donors (Lipinski definition) is 1. The third-order valence-corrected chi connectivity index (χ3v) is 6.04. The zero-order chi connectivity index (χ0) is 17.7. The first-order valence-electron chi connectivity index (χ1n) is 9.68. The summed E-state index contributed by atoms with van der Waals surface area (Å²) in [7, 11) is 0. The summed E-state index contributed by atoms with van der Waals surface area (Å²) in [5.74, 6) is 0.989. The summed E-state index contributed by atoms with van der Waals surface area (Å²) in [6, 6.07) is 7.18. The molecule has 0 bridgehead atoms. The van der Waals surface area contributed by atoms with Crippen molar-refractivity contribution in [3.63, 3.8) is 0 Å². The van der Waals surface area contributed by atoms with E-state index in [1.165, 1.54) is 35.1 Å². The second-order valence-corrected chi connectivity index (χ2v) is 9.62. The minimum absolute atomic E-state index is 0.0772. The van der Waals surface area contributed by atoms with Gasteiger partial charge in [-0.15, -0.1) is 0 Å². The van der Waals surface area contributed by atoms with E-state index in [9.17, 15) is 5.11 Å². The molecule has 1 saturated carbocycles. The van der Waals surface area contributed by atoms with Gasteiger partial charge in [-0.05, 0) is 64.2 Å². The lowest BCUT2D eigenvalue weighted by Gasteiger charge is -2.37. The highest BCUT2D eigenvalue weighted by Crippen LogP contribution is 2.49. The fourth-order valence-electron chi connectivity index (χ4n) is 4.46. The van der Waals surface area contributed by atoms with Gasteiger partial charge >= 0.3 is 0 Å². The van der Waals surface area contributed by atoms with Crippen molar-refractivity contribution in [1.29, 1.82) is 0 Å². The van der Waals surface area contributed by atoms with Gasteiger partial charge in [-0.25, -0.2) is 0 Å². The minimum Gasteiger partial charge on any atom is -0.393 e. The smallest absolute Gasteiger partial charge is 0.0579 e. The van der Waals surface area contributed by atoms with E-state index in [0.717, 1.165) is 12.8 Å². The van der Waals surface area contributed by atoms with Crippen LogP contribution in [0.25, 0.3) is 5.57 Å². The molecule has 1 aromatic rings. The Balaban J connectivity index is 2.06. The van der Waals surface area contributed by atoms with Crippen molar-refractivity contribution in [3.8, 4) is 0 Å². The number of aliphatic hydroxyl groups excluding tert-OH is 1. The maximum Gasteiger partial charge on any atom is 0.0579 e. The average molecular weight is 327 g/mol. The monoisotopic (exact) mass is 326 g/mol. The zero-order valence-corrected chi connectivity index (χ0v) is 16.3. The topological polar surface area (TPSA) is 20.2 Å². The highest BCUT2D eigenvalue weighted by atomic mass is 16.3. The average Bonchev–Trinajstić information content (AvgIpc) is 3.19. The second kappa shape index (κ2) is 6.02. The lowest BCUT2D eigenvalue weighted by Crippen LogP contribution is -2.25. The number of allylic oxidation sites excluding steroid dienone is 2. The minimum atomic E-state index is -0.0772. The van der Waals surface area contributed by atoms with Crippen LogP contribution in [0.3, 0.4) is 0 Å². The van der Waals surface area contributed by atoms with Crippen LogP contribution in [0.5, 0.6) is 0 Å². The van der Waals surface area contributed by atoms with E-state index in [2.05, 4.69) is 65.8 Å². The Morgan fingerprint density at radius 1 is 1.25 bits per heavy atom. The maximum atomic E-state index is 9.98. The molecule has 1 heteroatoms. The van der Waals surface area contributed by atoms with Crippen molar-refractivity contribution in [2.45, 2.75) is 84.7 Å². The predicted octanol–water partition coefficient (Wildman–Crippen LogP) is 6.06. The van der Waals surface area contributed by atoms with Crippen molar-refractivity contribution >= 4 is 5.57 Å². The normalized spacial score (nSPS) is 26.5. The number of benzene rings is 1. The fraction of sp³-hybridized carbons (Fsp3) is 0.652. The van der Waals surface area contributed by atoms with Crippen molar-refractivity contribution in [2.75, 3.05) is 0 Å². The molecular weight excluding hydrogens is 292 g/mol. The second-order valence-electron chi connectivity index (χ2n) is 9.62. The summed E-state index contributed by atoms with van der Waals surface area (Å²) in [5, 5.41) is 9.98. The molecule has 1 aromatic carbocycles. The van der Waals surface area contributed by atoms with Gasteiger partial charge in [0.2, 0.25) is 0 Å². The Kier molecular flexibility index (Phi) is 4.45. The number of hydrogen-bond acceptors (Lipinski definition) is 1. The molecule has 3 atom stereocenters. The Morgan fingerprint density at radius 2 is 1.92 bits per heavy atom. The molecule has 0 saturated heterocycles. The van der Waals surface area contributed by atoms with E-state index in [1.54, 1.807) is 0 Å². The van der Waals surface area contributed by atoms with Gasteiger partial charge in [0.25, 0.3) is 0 Å². The molecule has 0 spiro atoms. The molecule has 24 heavy (non-hydrogen) atoms. The molecule has 1 nitrogen and oxygen atoms in total. The molecule has 0 amide bonds. The van der Waals surface area contributed by atoms with Crippen molar-refractivity contribution in [3.05, 3.63) is 41.0 Å². The van der Waals surface area contributed by atoms with Crippen LogP contribution in [-0.2, 0) is 5.41 Å². The molecule has 3 unspecified atom stereocenters. The molecule has 0 aromatic heterocycles. The molecule has 0 radical (unpaired) electrons. The SMILES string of the molecule is CCCC(c1ccc2c(c1)C(C(C)(C)C)=CCC2(C)C)C1CC1O. The Morgan fingerprint density at radius 3 is 2.46 bits per heavy atom. The van der Waals surface area contributed by atoms with E-state index in [-0.39, 0.29) is 16.9 Å². The third-order valence-electron chi connectivity index (χ3n) is 6.04. The number of rotatable bonds is 4. The first-order chi connectivity index (χ1) is 11.1. The van der Waals surface area contributed by atoms with Gasteiger partial charge in [0.05, 0.1) is 6.10 Å². The van der Waals surface area contributed by atoms with Crippen LogP contribution in [0.4, 0.5) is 0 Å². The van der Waals surface area contributed by atoms with E-state index in [1.807, 2.05) is 0 Å². The van der Waals surface area contributed by atoms with Crippen molar-refractivity contribution < 1.29 is 5.11 Å². The number of fused-ring (bicyclic) bond motifs is 1. The van der Waals surface area contributed by atoms with Crippen LogP contribution in [0.15, 0.2) is 24.3 Å². The summed E-state index contributed by atoms with van der Waals surface area (Å²) >= 11 is 0. The van der Waals surface area contributed by atoms with Gasteiger partial charge in [0, 0.05) is 0 Å². The van der Waals surface area contributed by atoms with E-state index >= 15 is 0 Å². The van der Waals surface area contributed by atoms with E-state index in [0.29, 0.717) is 11.8 Å². The Bertz CT molecular complexity index is 644. The quantitative estimate of drug-likeness (QED) is 0.713. The zero-order valence-electron chi connectivity index (χ0n) is 16.3. The highest BCUT2D eigenvalue weighted by molar-refractivity contribution is 5.75. The van der Waals surface area contributed by atoms with E-state index in [4.69, 9.17) is 0 Å². The summed E-state index contributed by atoms with van der Waals surface area (Å²) < 4.78 is 0. The van der Waals surface area contributed by atoms with Crippen LogP contribution in [0, 0.1) is 11.3 Å². The summed E-state index contributed by atoms with van der Waals surface area (Å²) in [6.45, 7) is 13.9. The summed E-state index contributed by atoms with van der Waals surface area (Å²) in [5.41, 5.74) is 6.25. The van der Waals surface area contributed by atoms with Crippen LogP contribution in [0.2, 0.25) is 0 Å². The summed E-state index contributed by atoms with van der Waals surface area (Å²) in [6.07, 6.45) is 6.84. The summed E-state index contributed by atoms with van der Waals surface area (Å²) in [4.78, 5) is 0. The molecule has 2 aliphatic rings. The predicted molar refractivity (Wildman–Crippen MR) is 103 cm³/mol. The van der Waals surface area contributed by atoms with Gasteiger partial charge in [0.1, 0.15) is 0 Å². The molecule has 0 aliphatic heterocycles. The standard InChI is InChI=1S/C23H34O/c1-7-8-16(17-14-21(17)24)15-9-10-20-18(13-15)19(22(2,3)4)11-12-23(20,5)6/h9-11,13,16-17,21,24H,7-8,12,14H2,1-6H3. The number of aliphatic hydroxyl groups is 1. The van der Waals surface area contributed by atoms with Crippen LogP contribution >= 0.6 is 0 Å². The van der Waals surface area contributed by atoms with Crippen molar-refractivity contribution in [2.24, 2.45) is 11.3 Å². The fourth-order valence-corrected chi connectivity index (χ4v) is 4.46. The first-order valence-corrected chi connectivity index (χ1v) is 9.68. The largest absolute Gasteiger partial charge is 0.393 e. The molecule has 2 aliphatic carbocycles. The Labute approximate surface area is 148 Å². The highest BCUT2D eigenvalue weighted by Gasteiger charge is 2.42. The lowest BCUT2D eigenvalue weighted by molar-refractivity contribution is 0.248. The first kappa shape index (κ1) is 17.7. The van der Waals surface area contributed by atoms with Crippen molar-refractivity contribution in [1.82, 2.24) is 0 Å². The van der Waals surface area contributed by atoms with Crippen LogP contribution in [0.1, 0.15) is 89.8 Å². The Hall–Kier alpha value is -1.08. The molecule has 0 heterocycles. The molecule has 1 N–H and O–H groups in total. The lowest BCUT2D eigenvalue weighted by atomic mass is 9.67. The molecule has 132 valence electrons. The van der Waals surface area contributed by atoms with Gasteiger partial charge in [-0.2, -0.15) is 0 Å². The third kappa shape index (κ3) is 3.20. The molecule has 1 fully saturated rings. The molecular formula is C23H34O. The van der Waals surface area contributed by atoms with Crippen LogP contribution in [-0.4, -0.2) is 11.2 Å². The maximum absolute atomic E-state index is 9.98. The van der Waals surface area contributed by atoms with Gasteiger partial charge in [-0.1, -0.05) is 72.2 Å². The van der Waals surface area contributed by atoms with E-state index < -0.39 is 0 Å². The van der Waals surface area contributed by atoms with Gasteiger partial charge in [0.15, 0.2) is 0 Å². The van der Waals surface area contributed by atoms with Gasteiger partial charge in [-0.3, -0.25) is 0 Å². The molecule has 3 rings (SSSR count). The van der Waals surface area contributed by atoms with Gasteiger partial charge < -0.3 is 5.11 Å².